The van der Waals surface area contributed by atoms with Crippen LogP contribution in [0.3, 0.4) is 0 Å². The molecular weight excluding hydrogens is 112 g/mol. The molecule has 0 spiro atoms. The summed E-state index contributed by atoms with van der Waals surface area (Å²) in [6.07, 6.45) is 9.09. The van der Waals surface area contributed by atoms with Crippen LogP contribution in [-0.4, -0.2) is 12.4 Å². The molecule has 0 saturated heterocycles. The third-order valence-electron chi connectivity index (χ3n) is 1.62. The Kier molecular flexibility index (Phi) is 0.918. The maximum atomic E-state index is 4.20. The van der Waals surface area contributed by atoms with E-state index < -0.39 is 0 Å². The molecule has 2 aliphatic rings. The van der Waals surface area contributed by atoms with Crippen LogP contribution in [0, 0.1) is 0 Å². The van der Waals surface area contributed by atoms with Gasteiger partial charge < -0.3 is 5.32 Å². The Hall–Kier alpha value is -1.05. The van der Waals surface area contributed by atoms with Crippen molar-refractivity contribution in [2.75, 3.05) is 0 Å². The largest absolute Gasteiger partial charge is 0.348 e. The quantitative estimate of drug-likeness (QED) is 0.503. The van der Waals surface area contributed by atoms with Gasteiger partial charge >= 0.3 is 0 Å². The Balaban J connectivity index is 2.29. The van der Waals surface area contributed by atoms with Crippen LogP contribution in [0.1, 0.15) is 6.42 Å². The molecule has 2 rings (SSSR count). The minimum Gasteiger partial charge on any atom is -0.348 e. The van der Waals surface area contributed by atoms with E-state index in [0.717, 1.165) is 6.42 Å². The van der Waals surface area contributed by atoms with E-state index in [1.165, 1.54) is 5.70 Å². The molecule has 9 heavy (non-hydrogen) atoms. The van der Waals surface area contributed by atoms with E-state index in [4.69, 9.17) is 0 Å². The number of aliphatic imine (C=N–C) groups is 1. The van der Waals surface area contributed by atoms with Gasteiger partial charge in [0.15, 0.2) is 0 Å². The van der Waals surface area contributed by atoms with Crippen molar-refractivity contribution in [3.8, 4) is 0 Å². The summed E-state index contributed by atoms with van der Waals surface area (Å²) in [7, 11) is 0. The van der Waals surface area contributed by atoms with Gasteiger partial charge in [-0.05, 0) is 12.5 Å². The van der Waals surface area contributed by atoms with Crippen LogP contribution in [0.4, 0.5) is 0 Å². The van der Waals surface area contributed by atoms with Gasteiger partial charge in [-0.25, -0.2) is 0 Å². The van der Waals surface area contributed by atoms with Crippen LogP contribution >= 0.6 is 0 Å². The average Bonchev–Trinajstić information content (AvgIpc) is 2.33. The number of rotatable bonds is 0. The summed E-state index contributed by atoms with van der Waals surface area (Å²) in [5, 5.41) is 3.08. The molecule has 1 aliphatic heterocycles. The van der Waals surface area contributed by atoms with Gasteiger partial charge in [0, 0.05) is 5.70 Å². The fraction of sp³-hybridized carbons (Fsp3) is 0.286. The van der Waals surface area contributed by atoms with Gasteiger partial charge in [0.05, 0.1) is 12.4 Å². The average molecular weight is 120 g/mol. The molecule has 1 aliphatic carbocycles. The van der Waals surface area contributed by atoms with E-state index in [9.17, 15) is 0 Å². The third kappa shape index (κ3) is 0.669. The van der Waals surface area contributed by atoms with Crippen LogP contribution in [0.25, 0.3) is 0 Å². The standard InChI is InChI=1S/C7H8N2/c1-2-4-7-6(3-1)8-5-9-7/h1-3,5,7H,4H2,(H,8,9)/t7-/m1/s1. The lowest BCUT2D eigenvalue weighted by atomic mass is 10.1. The zero-order valence-electron chi connectivity index (χ0n) is 5.04. The highest BCUT2D eigenvalue weighted by Crippen LogP contribution is 2.16. The van der Waals surface area contributed by atoms with Crippen molar-refractivity contribution in [1.82, 2.24) is 5.32 Å². The molecule has 2 heteroatoms. The highest BCUT2D eigenvalue weighted by atomic mass is 15.1. The Labute approximate surface area is 54.0 Å². The maximum absolute atomic E-state index is 4.20. The SMILES string of the molecule is C1=CC[C@H]2N=CNC2=C1. The van der Waals surface area contributed by atoms with Crippen molar-refractivity contribution >= 4 is 6.34 Å². The van der Waals surface area contributed by atoms with Crippen molar-refractivity contribution in [2.24, 2.45) is 4.99 Å². The summed E-state index contributed by atoms with van der Waals surface area (Å²) < 4.78 is 0. The normalized spacial score (nSPS) is 29.3. The van der Waals surface area contributed by atoms with E-state index in [1.807, 2.05) is 0 Å². The first-order valence-electron chi connectivity index (χ1n) is 3.12. The van der Waals surface area contributed by atoms with Gasteiger partial charge in [0.25, 0.3) is 0 Å². The Bertz CT molecular complexity index is 201. The number of hydrogen-bond donors (Lipinski definition) is 1. The summed E-state index contributed by atoms with van der Waals surface area (Å²) in [4.78, 5) is 4.20. The first kappa shape index (κ1) is 4.79. The summed E-state index contributed by atoms with van der Waals surface area (Å²) in [5.41, 5.74) is 1.23. The zero-order valence-corrected chi connectivity index (χ0v) is 5.04. The second-order valence-corrected chi connectivity index (χ2v) is 2.22. The molecule has 1 N–H and O–H groups in total. The van der Waals surface area contributed by atoms with Gasteiger partial charge in [0.1, 0.15) is 0 Å². The third-order valence-corrected chi connectivity index (χ3v) is 1.62. The maximum Gasteiger partial charge on any atom is 0.0949 e. The van der Waals surface area contributed by atoms with E-state index in [2.05, 4.69) is 28.5 Å². The molecule has 0 radical (unpaired) electrons. The number of fused-ring (bicyclic) bond motifs is 1. The van der Waals surface area contributed by atoms with Crippen LogP contribution in [0.15, 0.2) is 28.9 Å². The topological polar surface area (TPSA) is 24.4 Å². The van der Waals surface area contributed by atoms with E-state index in [-0.39, 0.29) is 0 Å². The summed E-state index contributed by atoms with van der Waals surface area (Å²) in [5.74, 6) is 0. The Morgan fingerprint density at radius 1 is 1.67 bits per heavy atom. The number of nitrogens with zero attached hydrogens (tertiary/aromatic N) is 1. The molecule has 0 aromatic rings. The molecule has 0 unspecified atom stereocenters. The van der Waals surface area contributed by atoms with E-state index in [1.54, 1.807) is 6.34 Å². The van der Waals surface area contributed by atoms with Gasteiger partial charge in [-0.1, -0.05) is 12.2 Å². The van der Waals surface area contributed by atoms with Crippen molar-refractivity contribution in [3.63, 3.8) is 0 Å². The first-order chi connectivity index (χ1) is 4.47. The predicted octanol–water partition coefficient (Wildman–Crippen LogP) is 0.830. The number of allylic oxidation sites excluding steroid dienone is 2. The first-order valence-corrected chi connectivity index (χ1v) is 3.12. The molecule has 0 aromatic carbocycles. The molecule has 46 valence electrons. The lowest BCUT2D eigenvalue weighted by Crippen LogP contribution is -2.13. The number of hydrogen-bond acceptors (Lipinski definition) is 2. The van der Waals surface area contributed by atoms with Crippen molar-refractivity contribution in [3.05, 3.63) is 23.9 Å². The molecule has 0 aromatic heterocycles. The number of nitrogens with one attached hydrogen (secondary N) is 1. The van der Waals surface area contributed by atoms with Crippen molar-refractivity contribution < 1.29 is 0 Å². The Morgan fingerprint density at radius 3 is 3.56 bits per heavy atom. The van der Waals surface area contributed by atoms with Gasteiger partial charge in [0.2, 0.25) is 0 Å². The van der Waals surface area contributed by atoms with Gasteiger partial charge in [-0.15, -0.1) is 0 Å². The lowest BCUT2D eigenvalue weighted by molar-refractivity contribution is 0.784. The van der Waals surface area contributed by atoms with Crippen molar-refractivity contribution in [2.45, 2.75) is 12.5 Å². The molecule has 0 saturated carbocycles. The summed E-state index contributed by atoms with van der Waals surface area (Å²) in [6, 6.07) is 0.398. The molecule has 1 heterocycles. The fourth-order valence-corrected chi connectivity index (χ4v) is 1.10. The van der Waals surface area contributed by atoms with Crippen LogP contribution < -0.4 is 5.32 Å². The minimum atomic E-state index is 0.398. The van der Waals surface area contributed by atoms with Crippen LogP contribution in [-0.2, 0) is 0 Å². The summed E-state index contributed by atoms with van der Waals surface area (Å²) >= 11 is 0. The zero-order chi connectivity index (χ0) is 6.10. The smallest absolute Gasteiger partial charge is 0.0949 e. The monoisotopic (exact) mass is 120 g/mol. The van der Waals surface area contributed by atoms with E-state index >= 15 is 0 Å². The van der Waals surface area contributed by atoms with Crippen molar-refractivity contribution in [1.29, 1.82) is 0 Å². The summed E-state index contributed by atoms with van der Waals surface area (Å²) in [6.45, 7) is 0. The Morgan fingerprint density at radius 2 is 2.67 bits per heavy atom. The molecule has 2 nitrogen and oxygen atoms in total. The molecule has 0 amide bonds. The van der Waals surface area contributed by atoms with Gasteiger partial charge in [-0.2, -0.15) is 0 Å². The second-order valence-electron chi connectivity index (χ2n) is 2.22. The highest BCUT2D eigenvalue weighted by Gasteiger charge is 2.15. The minimum absolute atomic E-state index is 0.398. The molecule has 1 atom stereocenters. The fourth-order valence-electron chi connectivity index (χ4n) is 1.10. The molecule has 0 fully saturated rings. The lowest BCUT2D eigenvalue weighted by Gasteiger charge is -2.08. The van der Waals surface area contributed by atoms with Gasteiger partial charge in [-0.3, -0.25) is 4.99 Å². The van der Waals surface area contributed by atoms with Crippen LogP contribution in [0.2, 0.25) is 0 Å². The second kappa shape index (κ2) is 1.72. The molecular formula is C7H8N2. The van der Waals surface area contributed by atoms with Crippen LogP contribution in [0.5, 0.6) is 0 Å². The predicted molar refractivity (Wildman–Crippen MR) is 37.3 cm³/mol. The highest BCUT2D eigenvalue weighted by molar-refractivity contribution is 5.63. The van der Waals surface area contributed by atoms with E-state index in [0.29, 0.717) is 6.04 Å². The molecule has 0 bridgehead atoms.